The molecule has 0 aliphatic carbocycles. The fraction of sp³-hybridized carbons (Fsp3) is 0.917. The van der Waals surface area contributed by atoms with E-state index in [1.54, 1.807) is 18.7 Å². The van der Waals surface area contributed by atoms with Crippen LogP contribution in [0.25, 0.3) is 0 Å². The lowest BCUT2D eigenvalue weighted by Gasteiger charge is -2.37. The summed E-state index contributed by atoms with van der Waals surface area (Å²) in [6, 6.07) is -0.598. The first-order chi connectivity index (χ1) is 8.33. The van der Waals surface area contributed by atoms with Crippen LogP contribution in [0.2, 0.25) is 0 Å². The maximum atomic E-state index is 13.5. The van der Waals surface area contributed by atoms with Gasteiger partial charge in [0, 0.05) is 39.8 Å². The molecule has 0 bridgehead atoms. The molecule has 0 saturated carbocycles. The summed E-state index contributed by atoms with van der Waals surface area (Å²) in [6.45, 7) is 6.37. The second kappa shape index (κ2) is 6.45. The Bertz CT molecular complexity index is 273. The zero-order valence-corrected chi connectivity index (χ0v) is 11.5. The normalized spacial score (nSPS) is 19.9. The Labute approximate surface area is 108 Å². The number of carbonyl (C=O) groups excluding carboxylic acids is 1. The average molecular weight is 261 g/mol. The van der Waals surface area contributed by atoms with Crippen LogP contribution in [0.4, 0.5) is 4.39 Å². The summed E-state index contributed by atoms with van der Waals surface area (Å²) in [4.78, 5) is 15.7. The van der Waals surface area contributed by atoms with E-state index in [0.717, 1.165) is 0 Å². The van der Waals surface area contributed by atoms with Crippen molar-refractivity contribution in [1.82, 2.24) is 9.80 Å². The Hall–Kier alpha value is -0.720. The van der Waals surface area contributed by atoms with Crippen molar-refractivity contribution in [2.75, 3.05) is 46.4 Å². The topological polar surface area (TPSA) is 58.8 Å². The zero-order chi connectivity index (χ0) is 13.8. The summed E-state index contributed by atoms with van der Waals surface area (Å²) in [5.74, 6) is -0.0870. The van der Waals surface area contributed by atoms with Crippen molar-refractivity contribution in [3.8, 4) is 0 Å². The van der Waals surface area contributed by atoms with Crippen LogP contribution in [0.15, 0.2) is 0 Å². The van der Waals surface area contributed by atoms with Crippen molar-refractivity contribution in [2.45, 2.75) is 25.6 Å². The molecule has 1 heterocycles. The van der Waals surface area contributed by atoms with E-state index in [9.17, 15) is 9.18 Å². The van der Waals surface area contributed by atoms with Gasteiger partial charge in [0.1, 0.15) is 11.7 Å². The van der Waals surface area contributed by atoms with Gasteiger partial charge in [-0.15, -0.1) is 0 Å². The number of ether oxygens (including phenoxy) is 1. The van der Waals surface area contributed by atoms with Crippen molar-refractivity contribution >= 4 is 5.91 Å². The molecule has 0 aromatic carbocycles. The minimum Gasteiger partial charge on any atom is -0.383 e. The van der Waals surface area contributed by atoms with Crippen molar-refractivity contribution in [1.29, 1.82) is 0 Å². The molecule has 1 aliphatic rings. The summed E-state index contributed by atoms with van der Waals surface area (Å²) < 4.78 is 18.4. The van der Waals surface area contributed by atoms with Gasteiger partial charge < -0.3 is 15.4 Å². The number of halogens is 1. The van der Waals surface area contributed by atoms with Crippen molar-refractivity contribution in [3.63, 3.8) is 0 Å². The first-order valence-electron chi connectivity index (χ1n) is 6.28. The van der Waals surface area contributed by atoms with Crippen molar-refractivity contribution in [2.24, 2.45) is 5.73 Å². The minimum atomic E-state index is -1.20. The van der Waals surface area contributed by atoms with Gasteiger partial charge in [-0.2, -0.15) is 0 Å². The van der Waals surface area contributed by atoms with Gasteiger partial charge in [0.25, 0.3) is 0 Å². The van der Waals surface area contributed by atoms with Gasteiger partial charge in [-0.25, -0.2) is 4.39 Å². The summed E-state index contributed by atoms with van der Waals surface area (Å²) in [7, 11) is 1.52. The number of carbonyl (C=O) groups is 1. The van der Waals surface area contributed by atoms with Crippen LogP contribution < -0.4 is 5.73 Å². The molecule has 6 heteroatoms. The number of piperazine rings is 1. The lowest BCUT2D eigenvalue weighted by molar-refractivity contribution is -0.135. The zero-order valence-electron chi connectivity index (χ0n) is 11.5. The Morgan fingerprint density at radius 3 is 2.39 bits per heavy atom. The molecule has 0 aromatic heterocycles. The number of amides is 1. The maximum Gasteiger partial charge on any atom is 0.241 e. The highest BCUT2D eigenvalue weighted by atomic mass is 19.1. The van der Waals surface area contributed by atoms with Gasteiger partial charge in [-0.3, -0.25) is 9.69 Å². The third-order valence-electron chi connectivity index (χ3n) is 2.95. The number of nitrogens with two attached hydrogens (primary N) is 1. The maximum absolute atomic E-state index is 13.5. The summed E-state index contributed by atoms with van der Waals surface area (Å²) in [5, 5.41) is 0. The minimum absolute atomic E-state index is 0.0870. The number of nitrogens with zero attached hydrogens (tertiary/aromatic N) is 2. The van der Waals surface area contributed by atoms with Gasteiger partial charge in [0.05, 0.1) is 6.61 Å². The Balaban J connectivity index is 2.37. The number of hydrogen-bond acceptors (Lipinski definition) is 4. The standard InChI is InChI=1S/C12H24FN3O2/c1-12(2,13)9-15-4-6-16(7-5-15)11(17)10(14)8-18-3/h10H,4-9,14H2,1-3H3. The van der Waals surface area contributed by atoms with E-state index in [4.69, 9.17) is 10.5 Å². The molecule has 1 rings (SSSR count). The van der Waals surface area contributed by atoms with Gasteiger partial charge >= 0.3 is 0 Å². The smallest absolute Gasteiger partial charge is 0.241 e. The third kappa shape index (κ3) is 4.88. The Morgan fingerprint density at radius 1 is 1.39 bits per heavy atom. The van der Waals surface area contributed by atoms with Crippen LogP contribution in [0.3, 0.4) is 0 Å². The van der Waals surface area contributed by atoms with E-state index in [2.05, 4.69) is 0 Å². The molecular weight excluding hydrogens is 237 g/mol. The second-order valence-electron chi connectivity index (χ2n) is 5.38. The summed E-state index contributed by atoms with van der Waals surface area (Å²) >= 11 is 0. The second-order valence-corrected chi connectivity index (χ2v) is 5.38. The van der Waals surface area contributed by atoms with Gasteiger partial charge in [0.2, 0.25) is 5.91 Å². The van der Waals surface area contributed by atoms with Crippen molar-refractivity contribution < 1.29 is 13.9 Å². The molecular formula is C12H24FN3O2. The third-order valence-corrected chi connectivity index (χ3v) is 2.95. The highest BCUT2D eigenvalue weighted by molar-refractivity contribution is 5.81. The Kier molecular flexibility index (Phi) is 5.49. The van der Waals surface area contributed by atoms with Crippen LogP contribution >= 0.6 is 0 Å². The van der Waals surface area contributed by atoms with E-state index in [0.29, 0.717) is 32.7 Å². The molecule has 1 saturated heterocycles. The lowest BCUT2D eigenvalue weighted by Crippen LogP contribution is -2.55. The molecule has 1 atom stereocenters. The van der Waals surface area contributed by atoms with Crippen molar-refractivity contribution in [3.05, 3.63) is 0 Å². The molecule has 18 heavy (non-hydrogen) atoms. The molecule has 1 amide bonds. The first-order valence-corrected chi connectivity index (χ1v) is 6.28. The largest absolute Gasteiger partial charge is 0.383 e. The van der Waals surface area contributed by atoms with Gasteiger partial charge in [-0.05, 0) is 13.8 Å². The van der Waals surface area contributed by atoms with Crippen LogP contribution in [-0.4, -0.2) is 73.9 Å². The molecule has 0 aromatic rings. The quantitative estimate of drug-likeness (QED) is 0.748. The van der Waals surface area contributed by atoms with E-state index in [1.165, 1.54) is 7.11 Å². The van der Waals surface area contributed by atoms with Crippen LogP contribution in [0, 0.1) is 0 Å². The Morgan fingerprint density at radius 2 is 1.94 bits per heavy atom. The van der Waals surface area contributed by atoms with Gasteiger partial charge in [0.15, 0.2) is 0 Å². The fourth-order valence-electron chi connectivity index (χ4n) is 2.14. The molecule has 2 N–H and O–H groups in total. The fourth-order valence-corrected chi connectivity index (χ4v) is 2.14. The number of rotatable bonds is 5. The van der Waals surface area contributed by atoms with Gasteiger partial charge in [-0.1, -0.05) is 0 Å². The highest BCUT2D eigenvalue weighted by Crippen LogP contribution is 2.13. The lowest BCUT2D eigenvalue weighted by atomic mass is 10.1. The van der Waals surface area contributed by atoms with E-state index in [1.807, 2.05) is 4.90 Å². The van der Waals surface area contributed by atoms with Crippen LogP contribution in [0.5, 0.6) is 0 Å². The molecule has 1 unspecified atom stereocenters. The summed E-state index contributed by atoms with van der Waals surface area (Å²) in [5.41, 5.74) is 4.51. The number of hydrogen-bond donors (Lipinski definition) is 1. The van der Waals surface area contributed by atoms with E-state index in [-0.39, 0.29) is 12.5 Å². The predicted octanol–water partition coefficient (Wildman–Crippen LogP) is -0.148. The molecule has 1 aliphatic heterocycles. The first kappa shape index (κ1) is 15.3. The summed E-state index contributed by atoms with van der Waals surface area (Å²) in [6.07, 6.45) is 0. The van der Waals surface area contributed by atoms with E-state index >= 15 is 0 Å². The van der Waals surface area contributed by atoms with E-state index < -0.39 is 11.7 Å². The van der Waals surface area contributed by atoms with Crippen LogP contribution in [-0.2, 0) is 9.53 Å². The average Bonchev–Trinajstić information content (AvgIpc) is 2.27. The monoisotopic (exact) mass is 261 g/mol. The molecule has 0 radical (unpaired) electrons. The molecule has 0 spiro atoms. The number of alkyl halides is 1. The molecule has 106 valence electrons. The van der Waals surface area contributed by atoms with Crippen LogP contribution in [0.1, 0.15) is 13.8 Å². The highest BCUT2D eigenvalue weighted by Gasteiger charge is 2.28. The number of methoxy groups -OCH3 is 1. The predicted molar refractivity (Wildman–Crippen MR) is 68.1 cm³/mol. The molecule has 5 nitrogen and oxygen atoms in total. The molecule has 1 fully saturated rings. The SMILES string of the molecule is COCC(N)C(=O)N1CCN(CC(C)(C)F)CC1.